The molecule has 66 valence electrons. The van der Waals surface area contributed by atoms with E-state index in [-0.39, 0.29) is 6.04 Å². The van der Waals surface area contributed by atoms with Crippen molar-refractivity contribution in [2.24, 2.45) is 5.73 Å². The van der Waals surface area contributed by atoms with Gasteiger partial charge in [-0.2, -0.15) is 0 Å². The van der Waals surface area contributed by atoms with Gasteiger partial charge in [-0.3, -0.25) is 0 Å². The zero-order valence-electron chi connectivity index (χ0n) is 7.16. The maximum atomic E-state index is 5.99. The van der Waals surface area contributed by atoms with Crippen LogP contribution in [0.1, 0.15) is 18.6 Å². The molecule has 2 heterocycles. The molecule has 1 saturated heterocycles. The lowest BCUT2D eigenvalue weighted by molar-refractivity contribution is 0.445. The van der Waals surface area contributed by atoms with E-state index in [1.807, 2.05) is 12.1 Å². The summed E-state index contributed by atoms with van der Waals surface area (Å²) in [6.07, 6.45) is 1.70. The molecule has 0 radical (unpaired) electrons. The first-order chi connectivity index (χ1) is 5.79. The van der Waals surface area contributed by atoms with Gasteiger partial charge in [0.25, 0.3) is 0 Å². The molecule has 0 spiro atoms. The summed E-state index contributed by atoms with van der Waals surface area (Å²) in [5, 5.41) is 3.32. The summed E-state index contributed by atoms with van der Waals surface area (Å²) >= 11 is 0. The van der Waals surface area contributed by atoms with Crippen LogP contribution in [0.2, 0.25) is 0 Å². The van der Waals surface area contributed by atoms with Crippen LogP contribution in [0.25, 0.3) is 0 Å². The van der Waals surface area contributed by atoms with Gasteiger partial charge in [-0.05, 0) is 19.1 Å². The number of hydrogen-bond donors (Lipinski definition) is 2. The second-order valence-electron chi connectivity index (χ2n) is 3.40. The number of nitrogens with one attached hydrogen (secondary N) is 1. The van der Waals surface area contributed by atoms with Crippen LogP contribution < -0.4 is 11.1 Å². The molecule has 0 aromatic carbocycles. The molecule has 12 heavy (non-hydrogen) atoms. The minimum absolute atomic E-state index is 0.177. The lowest BCUT2D eigenvalue weighted by Gasteiger charge is -2.14. The maximum Gasteiger partial charge on any atom is 0.109 e. The van der Waals surface area contributed by atoms with Crippen molar-refractivity contribution in [2.75, 3.05) is 6.54 Å². The molecular weight excluding hydrogens is 152 g/mol. The second kappa shape index (κ2) is 2.92. The average molecular weight is 166 g/mol. The molecular formula is C9H14N2O. The van der Waals surface area contributed by atoms with Crippen molar-refractivity contribution in [1.29, 1.82) is 0 Å². The van der Waals surface area contributed by atoms with Crippen LogP contribution in [0.3, 0.4) is 0 Å². The van der Waals surface area contributed by atoms with E-state index in [0.717, 1.165) is 12.3 Å². The predicted molar refractivity (Wildman–Crippen MR) is 46.9 cm³/mol. The van der Waals surface area contributed by atoms with Crippen LogP contribution >= 0.6 is 0 Å². The van der Waals surface area contributed by atoms with Crippen molar-refractivity contribution in [1.82, 2.24) is 5.32 Å². The van der Waals surface area contributed by atoms with E-state index in [1.54, 1.807) is 6.26 Å². The van der Waals surface area contributed by atoms with E-state index in [1.165, 1.54) is 0 Å². The van der Waals surface area contributed by atoms with Gasteiger partial charge in [-0.1, -0.05) is 0 Å². The fourth-order valence-corrected chi connectivity index (χ4v) is 1.73. The highest BCUT2D eigenvalue weighted by atomic mass is 16.3. The third-order valence-electron chi connectivity index (χ3n) is 2.61. The Kier molecular flexibility index (Phi) is 1.90. The Labute approximate surface area is 71.9 Å². The Morgan fingerprint density at radius 2 is 2.50 bits per heavy atom. The summed E-state index contributed by atoms with van der Waals surface area (Å²) in [7, 11) is 0. The van der Waals surface area contributed by atoms with E-state index in [0.29, 0.717) is 12.0 Å². The van der Waals surface area contributed by atoms with Crippen molar-refractivity contribution < 1.29 is 4.42 Å². The molecule has 3 heteroatoms. The molecule has 0 amide bonds. The van der Waals surface area contributed by atoms with Gasteiger partial charge >= 0.3 is 0 Å². The first kappa shape index (κ1) is 7.83. The van der Waals surface area contributed by atoms with E-state index in [2.05, 4.69) is 12.2 Å². The van der Waals surface area contributed by atoms with Crippen molar-refractivity contribution >= 4 is 0 Å². The zero-order valence-corrected chi connectivity index (χ0v) is 7.16. The van der Waals surface area contributed by atoms with Gasteiger partial charge in [0.15, 0.2) is 0 Å². The molecule has 1 aliphatic rings. The van der Waals surface area contributed by atoms with Gasteiger partial charge < -0.3 is 15.5 Å². The molecule has 3 unspecified atom stereocenters. The Balaban J connectivity index is 2.16. The lowest BCUT2D eigenvalue weighted by atomic mass is 9.98. The molecule has 0 bridgehead atoms. The zero-order chi connectivity index (χ0) is 8.55. The first-order valence-corrected chi connectivity index (χ1v) is 4.31. The molecule has 1 aromatic rings. The summed E-state index contributed by atoms with van der Waals surface area (Å²) < 4.78 is 5.32. The molecule has 2 rings (SSSR count). The van der Waals surface area contributed by atoms with Gasteiger partial charge in [-0.15, -0.1) is 0 Å². The van der Waals surface area contributed by atoms with Crippen LogP contribution in [-0.2, 0) is 0 Å². The monoisotopic (exact) mass is 166 g/mol. The average Bonchev–Trinajstić information content (AvgIpc) is 2.64. The van der Waals surface area contributed by atoms with E-state index < -0.39 is 0 Å². The molecule has 1 aromatic heterocycles. The van der Waals surface area contributed by atoms with Crippen molar-refractivity contribution in [3.8, 4) is 0 Å². The summed E-state index contributed by atoms with van der Waals surface area (Å²) in [6.45, 7) is 3.03. The van der Waals surface area contributed by atoms with Crippen LogP contribution in [0.5, 0.6) is 0 Å². The Morgan fingerprint density at radius 3 is 3.00 bits per heavy atom. The maximum absolute atomic E-state index is 5.99. The Bertz CT molecular complexity index is 245. The quantitative estimate of drug-likeness (QED) is 0.645. The highest BCUT2D eigenvalue weighted by Crippen LogP contribution is 2.24. The molecule has 1 fully saturated rings. The smallest absolute Gasteiger partial charge is 0.109 e. The number of hydrogen-bond acceptors (Lipinski definition) is 3. The predicted octanol–water partition coefficient (Wildman–Crippen LogP) is 0.682. The van der Waals surface area contributed by atoms with Gasteiger partial charge in [0.1, 0.15) is 5.76 Å². The third kappa shape index (κ3) is 1.15. The van der Waals surface area contributed by atoms with Crippen LogP contribution in [0.4, 0.5) is 0 Å². The SMILES string of the molecule is CC1NCC(c2ccco2)C1N. The number of rotatable bonds is 1. The molecule has 0 saturated carbocycles. The first-order valence-electron chi connectivity index (χ1n) is 4.31. The minimum Gasteiger partial charge on any atom is -0.469 e. The number of furan rings is 1. The molecule has 3 atom stereocenters. The fraction of sp³-hybridized carbons (Fsp3) is 0.556. The van der Waals surface area contributed by atoms with Gasteiger partial charge in [0.05, 0.1) is 6.26 Å². The Hall–Kier alpha value is -0.800. The molecule has 0 aliphatic carbocycles. The molecule has 1 aliphatic heterocycles. The lowest BCUT2D eigenvalue weighted by Crippen LogP contribution is -2.35. The normalized spacial score (nSPS) is 35.7. The highest BCUT2D eigenvalue weighted by molar-refractivity contribution is 5.13. The number of nitrogens with two attached hydrogens (primary N) is 1. The van der Waals surface area contributed by atoms with E-state index >= 15 is 0 Å². The summed E-state index contributed by atoms with van der Waals surface area (Å²) in [5.74, 6) is 1.34. The van der Waals surface area contributed by atoms with Crippen molar-refractivity contribution in [2.45, 2.75) is 24.9 Å². The van der Waals surface area contributed by atoms with E-state index in [4.69, 9.17) is 10.2 Å². The summed E-state index contributed by atoms with van der Waals surface area (Å²) in [4.78, 5) is 0. The molecule has 3 nitrogen and oxygen atoms in total. The van der Waals surface area contributed by atoms with Gasteiger partial charge in [-0.25, -0.2) is 0 Å². The standard InChI is InChI=1S/C9H14N2O/c1-6-9(10)7(5-11-6)8-3-2-4-12-8/h2-4,6-7,9,11H,5,10H2,1H3. The largest absolute Gasteiger partial charge is 0.469 e. The van der Waals surface area contributed by atoms with Crippen molar-refractivity contribution in [3.63, 3.8) is 0 Å². The van der Waals surface area contributed by atoms with Crippen LogP contribution in [-0.4, -0.2) is 18.6 Å². The summed E-state index contributed by atoms with van der Waals surface area (Å²) in [6, 6.07) is 4.46. The summed E-state index contributed by atoms with van der Waals surface area (Å²) in [5.41, 5.74) is 5.99. The molecule has 3 N–H and O–H groups in total. The highest BCUT2D eigenvalue weighted by Gasteiger charge is 2.32. The van der Waals surface area contributed by atoms with Crippen LogP contribution in [0.15, 0.2) is 22.8 Å². The van der Waals surface area contributed by atoms with Crippen molar-refractivity contribution in [3.05, 3.63) is 24.2 Å². The van der Waals surface area contributed by atoms with Gasteiger partial charge in [0.2, 0.25) is 0 Å². The van der Waals surface area contributed by atoms with Crippen LogP contribution in [0, 0.1) is 0 Å². The second-order valence-corrected chi connectivity index (χ2v) is 3.40. The van der Waals surface area contributed by atoms with E-state index in [9.17, 15) is 0 Å². The van der Waals surface area contributed by atoms with Gasteiger partial charge in [0, 0.05) is 24.5 Å². The third-order valence-corrected chi connectivity index (χ3v) is 2.61. The Morgan fingerprint density at radius 1 is 1.67 bits per heavy atom. The fourth-order valence-electron chi connectivity index (χ4n) is 1.73. The minimum atomic E-state index is 0.177. The topological polar surface area (TPSA) is 51.2 Å².